The third kappa shape index (κ3) is 3.52. The van der Waals surface area contributed by atoms with Gasteiger partial charge in [-0.25, -0.2) is 19.2 Å². The second-order valence-electron chi connectivity index (χ2n) is 3.78. The Hall–Kier alpha value is -1.04. The normalized spacial score (nSPS) is 13.4. The van der Waals surface area contributed by atoms with Gasteiger partial charge in [-0.3, -0.25) is 0 Å². The summed E-state index contributed by atoms with van der Waals surface area (Å²) in [5, 5.41) is 1.79. The van der Waals surface area contributed by atoms with E-state index in [1.807, 2.05) is 14.1 Å². The van der Waals surface area contributed by atoms with Crippen molar-refractivity contribution in [1.82, 2.24) is 10.4 Å². The van der Waals surface area contributed by atoms with Crippen LogP contribution in [0.1, 0.15) is 23.6 Å². The molecule has 1 aromatic carbocycles. The topological polar surface area (TPSA) is 41.3 Å². The van der Waals surface area contributed by atoms with Gasteiger partial charge in [-0.2, -0.15) is 0 Å². The van der Waals surface area contributed by atoms with Crippen LogP contribution in [0.3, 0.4) is 0 Å². The average molecular weight is 229 g/mol. The Balaban J connectivity index is 2.78. The first kappa shape index (κ1) is 13.0. The van der Waals surface area contributed by atoms with Crippen LogP contribution in [0.2, 0.25) is 0 Å². The molecular formula is C11H17F2N3. The van der Waals surface area contributed by atoms with Crippen molar-refractivity contribution in [3.63, 3.8) is 0 Å². The van der Waals surface area contributed by atoms with E-state index >= 15 is 0 Å². The van der Waals surface area contributed by atoms with Crippen LogP contribution >= 0.6 is 0 Å². The lowest BCUT2D eigenvalue weighted by atomic mass is 10.1. The van der Waals surface area contributed by atoms with Gasteiger partial charge in [0, 0.05) is 26.2 Å². The lowest BCUT2D eigenvalue weighted by molar-refractivity contribution is 0.151. The molecule has 0 aliphatic heterocycles. The van der Waals surface area contributed by atoms with Gasteiger partial charge in [-0.15, -0.1) is 0 Å². The molecule has 5 heteroatoms. The molecule has 0 spiro atoms. The summed E-state index contributed by atoms with van der Waals surface area (Å²) in [7, 11) is 3.71. The molecule has 3 nitrogen and oxygen atoms in total. The lowest BCUT2D eigenvalue weighted by Gasteiger charge is -2.22. The van der Waals surface area contributed by atoms with Gasteiger partial charge in [0.2, 0.25) is 0 Å². The average Bonchev–Trinajstić information content (AvgIpc) is 2.25. The lowest BCUT2D eigenvalue weighted by Crippen LogP contribution is -2.37. The van der Waals surface area contributed by atoms with Crippen LogP contribution in [-0.2, 0) is 0 Å². The molecule has 0 radical (unpaired) electrons. The molecule has 0 bridgehead atoms. The van der Waals surface area contributed by atoms with Crippen molar-refractivity contribution < 1.29 is 8.78 Å². The van der Waals surface area contributed by atoms with E-state index in [2.05, 4.69) is 5.43 Å². The number of hydrogen-bond acceptors (Lipinski definition) is 3. The standard InChI is InChI=1S/C11H17F2N3/c1-16(2)15-10(7-14)8-3-5-9(6-4-8)11(12)13/h3-6,10-11,15H,7,14H2,1-2H3. The maximum Gasteiger partial charge on any atom is 0.263 e. The SMILES string of the molecule is CN(C)NC(CN)c1ccc(C(F)F)cc1. The minimum Gasteiger partial charge on any atom is -0.329 e. The predicted octanol–water partition coefficient (Wildman–Crippen LogP) is 1.69. The fourth-order valence-electron chi connectivity index (χ4n) is 1.45. The third-order valence-electron chi connectivity index (χ3n) is 2.24. The van der Waals surface area contributed by atoms with Crippen molar-refractivity contribution in [3.8, 4) is 0 Å². The highest BCUT2D eigenvalue weighted by atomic mass is 19.3. The summed E-state index contributed by atoms with van der Waals surface area (Å²) in [6.07, 6.45) is -2.42. The van der Waals surface area contributed by atoms with E-state index in [-0.39, 0.29) is 11.6 Å². The molecule has 1 unspecified atom stereocenters. The third-order valence-corrected chi connectivity index (χ3v) is 2.24. The van der Waals surface area contributed by atoms with Crippen molar-refractivity contribution in [2.45, 2.75) is 12.5 Å². The quantitative estimate of drug-likeness (QED) is 0.755. The number of hydrazine groups is 1. The Labute approximate surface area is 94.2 Å². The van der Waals surface area contributed by atoms with Crippen molar-refractivity contribution in [2.24, 2.45) is 5.73 Å². The van der Waals surface area contributed by atoms with Crippen LogP contribution in [0.25, 0.3) is 0 Å². The summed E-state index contributed by atoms with van der Waals surface area (Å²) in [4.78, 5) is 0. The Morgan fingerprint density at radius 2 is 1.69 bits per heavy atom. The van der Waals surface area contributed by atoms with Crippen molar-refractivity contribution in [2.75, 3.05) is 20.6 Å². The number of halogens is 2. The highest BCUT2D eigenvalue weighted by Gasteiger charge is 2.11. The second-order valence-corrected chi connectivity index (χ2v) is 3.78. The molecule has 0 aliphatic carbocycles. The maximum atomic E-state index is 12.3. The largest absolute Gasteiger partial charge is 0.329 e. The molecule has 1 atom stereocenters. The number of nitrogens with zero attached hydrogens (tertiary/aromatic N) is 1. The Morgan fingerprint density at radius 3 is 2.06 bits per heavy atom. The van der Waals surface area contributed by atoms with Crippen molar-refractivity contribution in [1.29, 1.82) is 0 Å². The first-order valence-electron chi connectivity index (χ1n) is 5.06. The maximum absolute atomic E-state index is 12.3. The van der Waals surface area contributed by atoms with Crippen LogP contribution in [0, 0.1) is 0 Å². The Kier molecular flexibility index (Phi) is 4.79. The number of benzene rings is 1. The van der Waals surface area contributed by atoms with E-state index in [9.17, 15) is 8.78 Å². The van der Waals surface area contributed by atoms with Crippen LogP contribution in [0.4, 0.5) is 8.78 Å². The number of rotatable bonds is 5. The van der Waals surface area contributed by atoms with E-state index < -0.39 is 6.43 Å². The Morgan fingerprint density at radius 1 is 1.19 bits per heavy atom. The zero-order valence-electron chi connectivity index (χ0n) is 9.45. The van der Waals surface area contributed by atoms with Crippen LogP contribution in [-0.4, -0.2) is 25.6 Å². The molecule has 1 rings (SSSR count). The summed E-state index contributed by atoms with van der Waals surface area (Å²) in [6.45, 7) is 0.409. The van der Waals surface area contributed by atoms with Crippen LogP contribution in [0.15, 0.2) is 24.3 Å². The van der Waals surface area contributed by atoms with E-state index in [1.54, 1.807) is 17.1 Å². The molecule has 0 saturated heterocycles. The predicted molar refractivity (Wildman–Crippen MR) is 60.0 cm³/mol. The van der Waals surface area contributed by atoms with E-state index in [0.29, 0.717) is 6.54 Å². The molecule has 16 heavy (non-hydrogen) atoms. The van der Waals surface area contributed by atoms with Gasteiger partial charge in [-0.1, -0.05) is 24.3 Å². The summed E-state index contributed by atoms with van der Waals surface area (Å²) in [6, 6.07) is 6.16. The van der Waals surface area contributed by atoms with Crippen molar-refractivity contribution in [3.05, 3.63) is 35.4 Å². The molecule has 0 saturated carbocycles. The number of alkyl halides is 2. The van der Waals surface area contributed by atoms with Crippen molar-refractivity contribution >= 4 is 0 Å². The fraction of sp³-hybridized carbons (Fsp3) is 0.455. The molecule has 3 N–H and O–H groups in total. The van der Waals surface area contributed by atoms with E-state index in [1.165, 1.54) is 12.1 Å². The van der Waals surface area contributed by atoms with Gasteiger partial charge in [-0.05, 0) is 5.56 Å². The molecule has 0 aromatic heterocycles. The molecular weight excluding hydrogens is 212 g/mol. The van der Waals surface area contributed by atoms with E-state index in [4.69, 9.17) is 5.73 Å². The van der Waals surface area contributed by atoms with Gasteiger partial charge in [0.15, 0.2) is 0 Å². The van der Waals surface area contributed by atoms with Crippen LogP contribution in [0.5, 0.6) is 0 Å². The summed E-state index contributed by atoms with van der Waals surface area (Å²) >= 11 is 0. The van der Waals surface area contributed by atoms with Gasteiger partial charge >= 0.3 is 0 Å². The molecule has 0 amide bonds. The molecule has 0 aliphatic rings. The number of hydrogen-bond donors (Lipinski definition) is 2. The first-order valence-corrected chi connectivity index (χ1v) is 5.06. The highest BCUT2D eigenvalue weighted by molar-refractivity contribution is 5.25. The molecule has 1 aromatic rings. The minimum atomic E-state index is -2.42. The molecule has 0 heterocycles. The van der Waals surface area contributed by atoms with Gasteiger partial charge in [0.25, 0.3) is 6.43 Å². The molecule has 0 fully saturated rings. The second kappa shape index (κ2) is 5.89. The molecule has 90 valence electrons. The monoisotopic (exact) mass is 229 g/mol. The number of nitrogens with one attached hydrogen (secondary N) is 1. The fourth-order valence-corrected chi connectivity index (χ4v) is 1.45. The summed E-state index contributed by atoms with van der Waals surface area (Å²) < 4.78 is 24.7. The van der Waals surface area contributed by atoms with E-state index in [0.717, 1.165) is 5.56 Å². The minimum absolute atomic E-state index is 0.0318. The van der Waals surface area contributed by atoms with Gasteiger partial charge in [0.05, 0.1) is 6.04 Å². The highest BCUT2D eigenvalue weighted by Crippen LogP contribution is 2.21. The number of nitrogens with two attached hydrogens (primary N) is 1. The van der Waals surface area contributed by atoms with Gasteiger partial charge < -0.3 is 5.73 Å². The summed E-state index contributed by atoms with van der Waals surface area (Å²) in [5.41, 5.74) is 9.66. The smallest absolute Gasteiger partial charge is 0.263 e. The van der Waals surface area contributed by atoms with Gasteiger partial charge in [0.1, 0.15) is 0 Å². The summed E-state index contributed by atoms with van der Waals surface area (Å²) in [5.74, 6) is 0. The first-order chi connectivity index (χ1) is 7.54. The zero-order chi connectivity index (χ0) is 12.1. The zero-order valence-corrected chi connectivity index (χ0v) is 9.45. The van der Waals surface area contributed by atoms with Crippen LogP contribution < -0.4 is 11.2 Å². The Bertz CT molecular complexity index is 312.